The van der Waals surface area contributed by atoms with Crippen molar-refractivity contribution in [1.29, 1.82) is 0 Å². The average molecular weight is 351 g/mol. The number of rotatable bonds is 4. The molecule has 0 fully saturated rings. The zero-order valence-corrected chi connectivity index (χ0v) is 12.3. The normalized spacial score (nSPS) is 10.0. The number of nitrogens with two attached hydrogens (primary N) is 1. The van der Waals surface area contributed by atoms with Gasteiger partial charge in [0.2, 0.25) is 0 Å². The van der Waals surface area contributed by atoms with Gasteiger partial charge in [0.1, 0.15) is 5.69 Å². The lowest BCUT2D eigenvalue weighted by molar-refractivity contribution is -0.384. The van der Waals surface area contributed by atoms with Crippen molar-refractivity contribution in [2.24, 2.45) is 5.84 Å². The molecule has 2 rings (SSSR count). The van der Waals surface area contributed by atoms with Crippen molar-refractivity contribution in [1.82, 2.24) is 0 Å². The monoisotopic (exact) mass is 350 g/mol. The predicted molar refractivity (Wildman–Crippen MR) is 83.0 cm³/mol. The molecule has 0 aromatic heterocycles. The SMILES string of the molecule is NNc1c(C(=O)Nc2cccc(Br)c2)cccc1[N+](=O)[O-]. The Bertz CT molecular complexity index is 706. The molecule has 0 heterocycles. The maximum absolute atomic E-state index is 12.2. The topological polar surface area (TPSA) is 110 Å². The molecule has 0 bridgehead atoms. The number of nitrogens with zero attached hydrogens (tertiary/aromatic N) is 1. The zero-order valence-electron chi connectivity index (χ0n) is 10.7. The van der Waals surface area contributed by atoms with Gasteiger partial charge in [0, 0.05) is 16.2 Å². The van der Waals surface area contributed by atoms with Crippen LogP contribution in [0.4, 0.5) is 17.1 Å². The van der Waals surface area contributed by atoms with Crippen molar-refractivity contribution in [3.63, 3.8) is 0 Å². The molecular formula is C13H11BrN4O3. The van der Waals surface area contributed by atoms with Crippen molar-refractivity contribution in [2.45, 2.75) is 0 Å². The van der Waals surface area contributed by atoms with E-state index in [1.807, 2.05) is 6.07 Å². The van der Waals surface area contributed by atoms with Crippen molar-refractivity contribution in [2.75, 3.05) is 10.7 Å². The third-order valence-corrected chi connectivity index (χ3v) is 3.20. The summed E-state index contributed by atoms with van der Waals surface area (Å²) in [7, 11) is 0. The van der Waals surface area contributed by atoms with Gasteiger partial charge < -0.3 is 10.7 Å². The number of benzene rings is 2. The Morgan fingerprint density at radius 1 is 1.24 bits per heavy atom. The first kappa shape index (κ1) is 14.9. The number of hydrogen-bond donors (Lipinski definition) is 3. The Morgan fingerprint density at radius 3 is 2.57 bits per heavy atom. The second-order valence-electron chi connectivity index (χ2n) is 4.07. The summed E-state index contributed by atoms with van der Waals surface area (Å²) in [5, 5.41) is 13.6. The molecular weight excluding hydrogens is 340 g/mol. The lowest BCUT2D eigenvalue weighted by Crippen LogP contribution is -2.18. The summed E-state index contributed by atoms with van der Waals surface area (Å²) in [5.74, 6) is 4.81. The van der Waals surface area contributed by atoms with Crippen LogP contribution in [-0.2, 0) is 0 Å². The first-order valence-electron chi connectivity index (χ1n) is 5.84. The van der Waals surface area contributed by atoms with Crippen LogP contribution in [0.2, 0.25) is 0 Å². The zero-order chi connectivity index (χ0) is 15.4. The van der Waals surface area contributed by atoms with Gasteiger partial charge in [0.05, 0.1) is 10.5 Å². The number of para-hydroxylation sites is 1. The number of carbonyl (C=O) groups excluding carboxylic acids is 1. The van der Waals surface area contributed by atoms with E-state index in [2.05, 4.69) is 26.7 Å². The number of hydrogen-bond acceptors (Lipinski definition) is 5. The van der Waals surface area contributed by atoms with Crippen LogP contribution in [-0.4, -0.2) is 10.8 Å². The number of anilines is 2. The Hall–Kier alpha value is -2.45. The number of halogens is 1. The van der Waals surface area contributed by atoms with Crippen molar-refractivity contribution < 1.29 is 9.72 Å². The molecule has 21 heavy (non-hydrogen) atoms. The number of carbonyl (C=O) groups is 1. The Balaban J connectivity index is 2.35. The molecule has 0 saturated carbocycles. The molecule has 1 amide bonds. The van der Waals surface area contributed by atoms with E-state index in [0.717, 1.165) is 4.47 Å². The molecule has 0 aliphatic carbocycles. The number of nitrogen functional groups attached to an aromatic ring is 1. The lowest BCUT2D eigenvalue weighted by Gasteiger charge is -2.10. The number of hydrazine groups is 1. The molecule has 4 N–H and O–H groups in total. The molecule has 2 aromatic carbocycles. The summed E-state index contributed by atoms with van der Waals surface area (Å²) < 4.78 is 0.802. The molecule has 0 aliphatic heterocycles. The van der Waals surface area contributed by atoms with Crippen LogP contribution in [0.5, 0.6) is 0 Å². The van der Waals surface area contributed by atoms with Crippen LogP contribution >= 0.6 is 15.9 Å². The second kappa shape index (κ2) is 6.33. The highest BCUT2D eigenvalue weighted by Crippen LogP contribution is 2.28. The first-order valence-corrected chi connectivity index (χ1v) is 6.63. The third-order valence-electron chi connectivity index (χ3n) is 2.71. The Morgan fingerprint density at radius 2 is 1.95 bits per heavy atom. The molecule has 0 saturated heterocycles. The Kier molecular flexibility index (Phi) is 4.51. The van der Waals surface area contributed by atoms with Crippen LogP contribution < -0.4 is 16.6 Å². The number of nitro benzene ring substituents is 1. The van der Waals surface area contributed by atoms with Gasteiger partial charge >= 0.3 is 0 Å². The third kappa shape index (κ3) is 3.36. The minimum Gasteiger partial charge on any atom is -0.322 e. The van der Waals surface area contributed by atoms with Gasteiger partial charge in [-0.15, -0.1) is 0 Å². The fourth-order valence-electron chi connectivity index (χ4n) is 1.80. The smallest absolute Gasteiger partial charge is 0.294 e. The standard InChI is InChI=1S/C13H11BrN4O3/c14-8-3-1-4-9(7-8)16-13(19)10-5-2-6-11(18(20)21)12(10)17-15/h1-7,17H,15H2,(H,16,19). The van der Waals surface area contributed by atoms with Gasteiger partial charge in [-0.05, 0) is 24.3 Å². The summed E-state index contributed by atoms with van der Waals surface area (Å²) in [6.45, 7) is 0. The molecule has 108 valence electrons. The van der Waals surface area contributed by atoms with E-state index < -0.39 is 10.8 Å². The minimum absolute atomic E-state index is 0.0324. The van der Waals surface area contributed by atoms with Crippen molar-refractivity contribution >= 4 is 38.9 Å². The van der Waals surface area contributed by atoms with E-state index in [1.165, 1.54) is 18.2 Å². The first-order chi connectivity index (χ1) is 10.0. The van der Waals surface area contributed by atoms with Crippen LogP contribution in [0.3, 0.4) is 0 Å². The molecule has 0 atom stereocenters. The summed E-state index contributed by atoms with van der Waals surface area (Å²) in [6, 6.07) is 11.1. The molecule has 8 heteroatoms. The number of nitro groups is 1. The van der Waals surface area contributed by atoms with Crippen LogP contribution in [0.1, 0.15) is 10.4 Å². The van der Waals surface area contributed by atoms with E-state index in [4.69, 9.17) is 5.84 Å². The summed E-state index contributed by atoms with van der Waals surface area (Å²) in [5.41, 5.74) is 2.56. The average Bonchev–Trinajstić information content (AvgIpc) is 2.46. The Labute approximate surface area is 128 Å². The molecule has 0 aliphatic rings. The summed E-state index contributed by atoms with van der Waals surface area (Å²) in [4.78, 5) is 22.6. The molecule has 0 radical (unpaired) electrons. The molecule has 7 nitrogen and oxygen atoms in total. The summed E-state index contributed by atoms with van der Waals surface area (Å²) >= 11 is 3.29. The van der Waals surface area contributed by atoms with Gasteiger partial charge in [-0.2, -0.15) is 0 Å². The molecule has 0 unspecified atom stereocenters. The number of amides is 1. The summed E-state index contributed by atoms with van der Waals surface area (Å²) in [6.07, 6.45) is 0. The highest BCUT2D eigenvalue weighted by atomic mass is 79.9. The van der Waals surface area contributed by atoms with E-state index in [0.29, 0.717) is 5.69 Å². The highest BCUT2D eigenvalue weighted by molar-refractivity contribution is 9.10. The van der Waals surface area contributed by atoms with Gasteiger partial charge in [-0.25, -0.2) is 0 Å². The van der Waals surface area contributed by atoms with Crippen molar-refractivity contribution in [3.8, 4) is 0 Å². The quantitative estimate of drug-likeness (QED) is 0.446. The lowest BCUT2D eigenvalue weighted by atomic mass is 10.1. The highest BCUT2D eigenvalue weighted by Gasteiger charge is 2.20. The van der Waals surface area contributed by atoms with Crippen molar-refractivity contribution in [3.05, 3.63) is 62.6 Å². The minimum atomic E-state index is -0.606. The maximum atomic E-state index is 12.2. The molecule has 2 aromatic rings. The number of nitrogens with one attached hydrogen (secondary N) is 2. The largest absolute Gasteiger partial charge is 0.322 e. The van der Waals surface area contributed by atoms with Gasteiger partial charge in [0.15, 0.2) is 0 Å². The predicted octanol–water partition coefficient (Wildman–Crippen LogP) is 2.90. The van der Waals surface area contributed by atoms with Gasteiger partial charge in [-0.3, -0.25) is 20.8 Å². The van der Waals surface area contributed by atoms with Crippen LogP contribution in [0.15, 0.2) is 46.9 Å². The van der Waals surface area contributed by atoms with E-state index in [9.17, 15) is 14.9 Å². The maximum Gasteiger partial charge on any atom is 0.294 e. The fourth-order valence-corrected chi connectivity index (χ4v) is 2.20. The van der Waals surface area contributed by atoms with E-state index in [-0.39, 0.29) is 16.9 Å². The van der Waals surface area contributed by atoms with E-state index >= 15 is 0 Å². The molecule has 0 spiro atoms. The van der Waals surface area contributed by atoms with Gasteiger partial charge in [-0.1, -0.05) is 28.1 Å². The van der Waals surface area contributed by atoms with E-state index in [1.54, 1.807) is 18.2 Å². The van der Waals surface area contributed by atoms with Crippen LogP contribution in [0, 0.1) is 10.1 Å². The second-order valence-corrected chi connectivity index (χ2v) is 4.98. The van der Waals surface area contributed by atoms with Gasteiger partial charge in [0.25, 0.3) is 11.6 Å². The van der Waals surface area contributed by atoms with Crippen LogP contribution in [0.25, 0.3) is 0 Å². The fraction of sp³-hybridized carbons (Fsp3) is 0.